The fourth-order valence-corrected chi connectivity index (χ4v) is 0.635. The second-order valence-electron chi connectivity index (χ2n) is 1.77. The molecule has 50 valence electrons. The van der Waals surface area contributed by atoms with E-state index in [-0.39, 0.29) is 0 Å². The van der Waals surface area contributed by atoms with E-state index in [0.717, 1.165) is 0 Å². The van der Waals surface area contributed by atoms with Crippen LogP contribution in [-0.4, -0.2) is 28.5 Å². The van der Waals surface area contributed by atoms with Gasteiger partial charge in [0.05, 0.1) is 0 Å². The van der Waals surface area contributed by atoms with Gasteiger partial charge in [-0.25, -0.2) is 0 Å². The Hall–Kier alpha value is -1.10. The third-order valence-corrected chi connectivity index (χ3v) is 1.14. The normalized spacial score (nSPS) is 25.0. The molecule has 0 fully saturated rings. The molecular weight excluding hydrogens is 122 g/mol. The molecule has 1 atom stereocenters. The minimum Gasteiger partial charge on any atom is -0.368 e. The molecule has 1 heterocycles. The van der Waals surface area contributed by atoms with Crippen molar-refractivity contribution >= 4 is 12.1 Å². The molecule has 5 heteroatoms. The van der Waals surface area contributed by atoms with Crippen molar-refractivity contribution in [3.63, 3.8) is 0 Å². The minimum atomic E-state index is -0.662. The van der Waals surface area contributed by atoms with Crippen molar-refractivity contribution in [2.75, 3.05) is 0 Å². The Labute approximate surface area is 51.7 Å². The van der Waals surface area contributed by atoms with Crippen LogP contribution in [0.5, 0.6) is 0 Å². The van der Waals surface area contributed by atoms with Gasteiger partial charge in [-0.3, -0.25) is 10.0 Å². The first-order valence-electron chi connectivity index (χ1n) is 2.51. The Morgan fingerprint density at radius 1 is 2.00 bits per heavy atom. The minimum absolute atomic E-state index is 0.395. The van der Waals surface area contributed by atoms with Gasteiger partial charge in [-0.15, -0.1) is 0 Å². The number of primary amides is 1. The van der Waals surface area contributed by atoms with Crippen molar-refractivity contribution in [2.24, 2.45) is 10.8 Å². The van der Waals surface area contributed by atoms with Crippen LogP contribution in [0.3, 0.4) is 0 Å². The summed E-state index contributed by atoms with van der Waals surface area (Å²) in [5.74, 6) is -0.560. The van der Waals surface area contributed by atoms with Crippen molar-refractivity contribution in [1.82, 2.24) is 5.17 Å². The van der Waals surface area contributed by atoms with E-state index in [1.54, 1.807) is 0 Å². The molecule has 0 radical (unpaired) electrons. The van der Waals surface area contributed by atoms with Crippen LogP contribution in [0.4, 0.5) is 0 Å². The third kappa shape index (κ3) is 0.996. The molecular formula is C4H7N3O2. The summed E-state index contributed by atoms with van der Waals surface area (Å²) in [6.45, 7) is 0. The standard InChI is InChI=1S/C4H7N3O2/c5-4(8)3-1-2-6-7(3)9/h2-3,9H,1H2,(H2,5,8). The molecule has 0 saturated heterocycles. The maximum Gasteiger partial charge on any atom is 0.244 e. The molecule has 9 heavy (non-hydrogen) atoms. The van der Waals surface area contributed by atoms with Gasteiger partial charge in [0.2, 0.25) is 5.91 Å². The topological polar surface area (TPSA) is 78.9 Å². The molecule has 1 amide bonds. The van der Waals surface area contributed by atoms with E-state index >= 15 is 0 Å². The number of hydrazone groups is 1. The summed E-state index contributed by atoms with van der Waals surface area (Å²) in [6, 6.07) is -0.662. The molecule has 1 aliphatic rings. The number of carbonyl (C=O) groups excluding carboxylic acids is 1. The molecule has 0 aromatic carbocycles. The first kappa shape index (κ1) is 6.03. The number of hydrogen-bond donors (Lipinski definition) is 2. The Morgan fingerprint density at radius 2 is 2.67 bits per heavy atom. The highest BCUT2D eigenvalue weighted by atomic mass is 16.5. The second-order valence-corrected chi connectivity index (χ2v) is 1.77. The summed E-state index contributed by atoms with van der Waals surface area (Å²) in [7, 11) is 0. The van der Waals surface area contributed by atoms with Crippen LogP contribution in [0, 0.1) is 0 Å². The summed E-state index contributed by atoms with van der Waals surface area (Å²) >= 11 is 0. The van der Waals surface area contributed by atoms with Crippen molar-refractivity contribution in [1.29, 1.82) is 0 Å². The Morgan fingerprint density at radius 3 is 2.89 bits per heavy atom. The van der Waals surface area contributed by atoms with Crippen molar-refractivity contribution in [2.45, 2.75) is 12.5 Å². The van der Waals surface area contributed by atoms with Crippen LogP contribution in [0.15, 0.2) is 5.10 Å². The largest absolute Gasteiger partial charge is 0.368 e. The zero-order valence-electron chi connectivity index (χ0n) is 4.69. The molecule has 0 spiro atoms. The summed E-state index contributed by atoms with van der Waals surface area (Å²) in [5.41, 5.74) is 4.87. The van der Waals surface area contributed by atoms with Gasteiger partial charge in [0.15, 0.2) is 6.04 Å². The Bertz CT molecular complexity index is 156. The lowest BCUT2D eigenvalue weighted by atomic mass is 10.2. The van der Waals surface area contributed by atoms with Crippen LogP contribution >= 0.6 is 0 Å². The second kappa shape index (κ2) is 2.02. The van der Waals surface area contributed by atoms with E-state index in [1.807, 2.05) is 0 Å². The van der Waals surface area contributed by atoms with E-state index in [9.17, 15) is 4.79 Å². The van der Waals surface area contributed by atoms with Crippen LogP contribution in [-0.2, 0) is 4.79 Å². The van der Waals surface area contributed by atoms with Crippen LogP contribution in [0.1, 0.15) is 6.42 Å². The predicted octanol–water partition coefficient (Wildman–Crippen LogP) is -1.08. The predicted molar refractivity (Wildman–Crippen MR) is 29.7 cm³/mol. The maximum atomic E-state index is 10.4. The zero-order valence-corrected chi connectivity index (χ0v) is 4.69. The van der Waals surface area contributed by atoms with Crippen molar-refractivity contribution < 1.29 is 10.0 Å². The highest BCUT2D eigenvalue weighted by molar-refractivity contribution is 5.84. The molecule has 0 bridgehead atoms. The van der Waals surface area contributed by atoms with E-state index in [0.29, 0.717) is 11.6 Å². The molecule has 1 unspecified atom stereocenters. The zero-order chi connectivity index (χ0) is 6.85. The van der Waals surface area contributed by atoms with E-state index in [4.69, 9.17) is 10.9 Å². The molecule has 0 aromatic rings. The van der Waals surface area contributed by atoms with E-state index < -0.39 is 11.9 Å². The summed E-state index contributed by atoms with van der Waals surface area (Å²) in [4.78, 5) is 10.4. The third-order valence-electron chi connectivity index (χ3n) is 1.14. The van der Waals surface area contributed by atoms with Gasteiger partial charge in [-0.2, -0.15) is 10.3 Å². The first-order valence-corrected chi connectivity index (χ1v) is 2.51. The average Bonchev–Trinajstić information content (AvgIpc) is 2.13. The molecule has 0 saturated carbocycles. The molecule has 1 rings (SSSR count). The molecule has 1 aliphatic heterocycles. The average molecular weight is 129 g/mol. The lowest BCUT2D eigenvalue weighted by Crippen LogP contribution is -2.37. The Kier molecular flexibility index (Phi) is 1.35. The van der Waals surface area contributed by atoms with Gasteiger partial charge < -0.3 is 5.73 Å². The summed E-state index contributed by atoms with van der Waals surface area (Å²) < 4.78 is 0. The fraction of sp³-hybridized carbons (Fsp3) is 0.500. The van der Waals surface area contributed by atoms with Gasteiger partial charge in [-0.1, -0.05) is 0 Å². The van der Waals surface area contributed by atoms with Gasteiger partial charge in [0.25, 0.3) is 0 Å². The number of rotatable bonds is 1. The first-order chi connectivity index (χ1) is 4.22. The highest BCUT2D eigenvalue weighted by Crippen LogP contribution is 2.05. The number of nitrogens with zero attached hydrogens (tertiary/aromatic N) is 2. The van der Waals surface area contributed by atoms with Crippen molar-refractivity contribution in [3.05, 3.63) is 0 Å². The SMILES string of the molecule is NC(=O)C1CC=NN1O. The van der Waals surface area contributed by atoms with Gasteiger partial charge in [0, 0.05) is 12.6 Å². The Balaban J connectivity index is 2.55. The van der Waals surface area contributed by atoms with Gasteiger partial charge in [0.1, 0.15) is 0 Å². The van der Waals surface area contributed by atoms with Crippen LogP contribution < -0.4 is 5.73 Å². The summed E-state index contributed by atoms with van der Waals surface area (Å²) in [5, 5.41) is 12.7. The summed E-state index contributed by atoms with van der Waals surface area (Å²) in [6.07, 6.45) is 1.83. The molecule has 0 aliphatic carbocycles. The van der Waals surface area contributed by atoms with Gasteiger partial charge in [-0.05, 0) is 0 Å². The van der Waals surface area contributed by atoms with Crippen molar-refractivity contribution in [3.8, 4) is 0 Å². The van der Waals surface area contributed by atoms with Gasteiger partial charge >= 0.3 is 0 Å². The number of hydrogen-bond acceptors (Lipinski definition) is 4. The van der Waals surface area contributed by atoms with Crippen LogP contribution in [0.25, 0.3) is 0 Å². The number of amides is 1. The molecule has 0 aromatic heterocycles. The lowest BCUT2D eigenvalue weighted by Gasteiger charge is -2.11. The number of nitrogens with two attached hydrogens (primary N) is 1. The highest BCUT2D eigenvalue weighted by Gasteiger charge is 2.24. The number of carbonyl (C=O) groups is 1. The maximum absolute atomic E-state index is 10.4. The monoisotopic (exact) mass is 129 g/mol. The quantitative estimate of drug-likeness (QED) is 0.472. The smallest absolute Gasteiger partial charge is 0.244 e. The van der Waals surface area contributed by atoms with E-state index in [2.05, 4.69) is 5.10 Å². The lowest BCUT2D eigenvalue weighted by molar-refractivity contribution is -0.147. The van der Waals surface area contributed by atoms with Crippen LogP contribution in [0.2, 0.25) is 0 Å². The molecule has 5 nitrogen and oxygen atoms in total. The van der Waals surface area contributed by atoms with E-state index in [1.165, 1.54) is 6.21 Å². The number of hydroxylamine groups is 1. The fourth-order valence-electron chi connectivity index (χ4n) is 0.635. The molecule has 3 N–H and O–H groups in total.